The van der Waals surface area contributed by atoms with E-state index < -0.39 is 12.0 Å². The summed E-state index contributed by atoms with van der Waals surface area (Å²) in [6.07, 6.45) is 4.12. The highest BCUT2D eigenvalue weighted by Crippen LogP contribution is 2.20. The Balaban J connectivity index is 2.00. The predicted octanol–water partition coefficient (Wildman–Crippen LogP) is 2.91. The lowest BCUT2D eigenvalue weighted by atomic mass is 10.0. The highest BCUT2D eigenvalue weighted by Gasteiger charge is 2.21. The van der Waals surface area contributed by atoms with Gasteiger partial charge >= 0.3 is 5.97 Å². The minimum atomic E-state index is -0.989. The molecule has 5 heteroatoms. The van der Waals surface area contributed by atoms with Crippen molar-refractivity contribution in [3.8, 4) is 0 Å². The van der Waals surface area contributed by atoms with Gasteiger partial charge in [-0.05, 0) is 55.9 Å². The second-order valence-corrected chi connectivity index (χ2v) is 6.59. The first-order chi connectivity index (χ1) is 11.0. The smallest absolute Gasteiger partial charge is 0.326 e. The molecule has 1 aliphatic rings. The van der Waals surface area contributed by atoms with E-state index in [9.17, 15) is 14.7 Å². The third kappa shape index (κ3) is 4.98. The average Bonchev–Trinajstić information content (AvgIpc) is 2.54. The summed E-state index contributed by atoms with van der Waals surface area (Å²) in [6.45, 7) is 5.99. The SMILES string of the molecule is CC(C)C[C@@H](NC(=O)c1ccc(N2CCCCC2)cc1)C(=O)O. The summed E-state index contributed by atoms with van der Waals surface area (Å²) in [7, 11) is 0. The van der Waals surface area contributed by atoms with E-state index >= 15 is 0 Å². The summed E-state index contributed by atoms with van der Waals surface area (Å²) >= 11 is 0. The van der Waals surface area contributed by atoms with Crippen LogP contribution >= 0.6 is 0 Å². The Kier molecular flexibility index (Phi) is 6.02. The molecular weight excluding hydrogens is 292 g/mol. The van der Waals surface area contributed by atoms with E-state index in [2.05, 4.69) is 10.2 Å². The van der Waals surface area contributed by atoms with Gasteiger partial charge in [-0.15, -0.1) is 0 Å². The summed E-state index contributed by atoms with van der Waals surface area (Å²) in [4.78, 5) is 25.8. The first kappa shape index (κ1) is 17.3. The van der Waals surface area contributed by atoms with Crippen LogP contribution in [0.2, 0.25) is 0 Å². The van der Waals surface area contributed by atoms with Gasteiger partial charge in [-0.2, -0.15) is 0 Å². The maximum absolute atomic E-state index is 12.2. The molecule has 1 atom stereocenters. The van der Waals surface area contributed by atoms with Gasteiger partial charge in [-0.1, -0.05) is 13.8 Å². The number of hydrogen-bond donors (Lipinski definition) is 2. The molecule has 0 aromatic heterocycles. The second kappa shape index (κ2) is 7.99. The molecule has 1 aromatic rings. The highest BCUT2D eigenvalue weighted by atomic mass is 16.4. The standard InChI is InChI=1S/C18H26N2O3/c1-13(2)12-16(18(22)23)19-17(21)14-6-8-15(9-7-14)20-10-4-3-5-11-20/h6-9,13,16H,3-5,10-12H2,1-2H3,(H,19,21)(H,22,23)/t16-/m1/s1. The fourth-order valence-electron chi connectivity index (χ4n) is 2.91. The average molecular weight is 318 g/mol. The first-order valence-electron chi connectivity index (χ1n) is 8.36. The maximum atomic E-state index is 12.2. The van der Waals surface area contributed by atoms with Crippen LogP contribution in [-0.2, 0) is 4.79 Å². The zero-order valence-corrected chi connectivity index (χ0v) is 13.9. The minimum absolute atomic E-state index is 0.206. The number of piperidine rings is 1. The molecule has 0 bridgehead atoms. The number of amides is 1. The Morgan fingerprint density at radius 1 is 1.13 bits per heavy atom. The van der Waals surface area contributed by atoms with Crippen molar-refractivity contribution in [1.29, 1.82) is 0 Å². The Bertz CT molecular complexity index is 534. The van der Waals surface area contributed by atoms with Crippen LogP contribution in [0, 0.1) is 5.92 Å². The molecule has 5 nitrogen and oxygen atoms in total. The van der Waals surface area contributed by atoms with E-state index in [1.165, 1.54) is 19.3 Å². The van der Waals surface area contributed by atoms with E-state index in [1.807, 2.05) is 26.0 Å². The fourth-order valence-corrected chi connectivity index (χ4v) is 2.91. The third-order valence-corrected chi connectivity index (χ3v) is 4.16. The number of nitrogens with one attached hydrogen (secondary N) is 1. The number of rotatable bonds is 6. The van der Waals surface area contributed by atoms with Gasteiger partial charge in [0, 0.05) is 24.3 Å². The molecule has 1 amide bonds. The number of hydrogen-bond acceptors (Lipinski definition) is 3. The summed E-state index contributed by atoms with van der Waals surface area (Å²) in [6, 6.07) is 6.59. The van der Waals surface area contributed by atoms with Gasteiger partial charge in [0.2, 0.25) is 0 Å². The molecule has 1 aromatic carbocycles. The van der Waals surface area contributed by atoms with Crippen molar-refractivity contribution >= 4 is 17.6 Å². The van der Waals surface area contributed by atoms with E-state index in [0.29, 0.717) is 12.0 Å². The zero-order chi connectivity index (χ0) is 16.8. The van der Waals surface area contributed by atoms with Crippen LogP contribution in [0.4, 0.5) is 5.69 Å². The molecule has 126 valence electrons. The zero-order valence-electron chi connectivity index (χ0n) is 13.9. The first-order valence-corrected chi connectivity index (χ1v) is 8.36. The summed E-state index contributed by atoms with van der Waals surface area (Å²) in [5, 5.41) is 11.8. The number of carboxylic acids is 1. The maximum Gasteiger partial charge on any atom is 0.326 e. The highest BCUT2D eigenvalue weighted by molar-refractivity contribution is 5.96. The van der Waals surface area contributed by atoms with Crippen molar-refractivity contribution in [1.82, 2.24) is 5.32 Å². The molecule has 2 rings (SSSR count). The van der Waals surface area contributed by atoms with Crippen LogP contribution in [0.5, 0.6) is 0 Å². The van der Waals surface area contributed by atoms with Gasteiger partial charge in [0.15, 0.2) is 0 Å². The number of benzene rings is 1. The fraction of sp³-hybridized carbons (Fsp3) is 0.556. The van der Waals surface area contributed by atoms with Crippen molar-refractivity contribution in [2.24, 2.45) is 5.92 Å². The molecule has 0 unspecified atom stereocenters. The summed E-state index contributed by atoms with van der Waals surface area (Å²) < 4.78 is 0. The van der Waals surface area contributed by atoms with Crippen LogP contribution in [0.1, 0.15) is 49.9 Å². The Hall–Kier alpha value is -2.04. The lowest BCUT2D eigenvalue weighted by molar-refractivity contribution is -0.139. The topological polar surface area (TPSA) is 69.6 Å². The number of aliphatic carboxylic acids is 1. The van der Waals surface area contributed by atoms with Crippen molar-refractivity contribution in [2.75, 3.05) is 18.0 Å². The van der Waals surface area contributed by atoms with E-state index in [0.717, 1.165) is 18.8 Å². The molecule has 0 aliphatic carbocycles. The third-order valence-electron chi connectivity index (χ3n) is 4.16. The van der Waals surface area contributed by atoms with Gasteiger partial charge in [0.05, 0.1) is 0 Å². The molecule has 0 spiro atoms. The van der Waals surface area contributed by atoms with Crippen molar-refractivity contribution in [3.05, 3.63) is 29.8 Å². The quantitative estimate of drug-likeness (QED) is 0.846. The molecule has 1 heterocycles. The summed E-state index contributed by atoms with van der Waals surface area (Å²) in [5.41, 5.74) is 1.62. The number of carboxylic acid groups (broad SMARTS) is 1. The molecule has 2 N–H and O–H groups in total. The van der Waals surface area contributed by atoms with Crippen LogP contribution in [0.3, 0.4) is 0 Å². The van der Waals surface area contributed by atoms with Gasteiger partial charge < -0.3 is 15.3 Å². The second-order valence-electron chi connectivity index (χ2n) is 6.59. The van der Waals surface area contributed by atoms with Crippen molar-refractivity contribution in [3.63, 3.8) is 0 Å². The Labute approximate surface area is 137 Å². The van der Waals surface area contributed by atoms with Crippen molar-refractivity contribution in [2.45, 2.75) is 45.6 Å². The van der Waals surface area contributed by atoms with Gasteiger partial charge in [0.25, 0.3) is 5.91 Å². The van der Waals surface area contributed by atoms with Crippen molar-refractivity contribution < 1.29 is 14.7 Å². The molecule has 1 fully saturated rings. The molecule has 0 saturated carbocycles. The van der Waals surface area contributed by atoms with E-state index in [1.54, 1.807) is 12.1 Å². The molecule has 1 aliphatic heterocycles. The predicted molar refractivity (Wildman–Crippen MR) is 90.9 cm³/mol. The van der Waals surface area contributed by atoms with Gasteiger partial charge in [-0.25, -0.2) is 4.79 Å². The Morgan fingerprint density at radius 2 is 1.74 bits per heavy atom. The van der Waals surface area contributed by atoms with Crippen LogP contribution in [0.25, 0.3) is 0 Å². The van der Waals surface area contributed by atoms with E-state index in [-0.39, 0.29) is 11.8 Å². The molecule has 1 saturated heterocycles. The number of carbonyl (C=O) groups is 2. The van der Waals surface area contributed by atoms with Gasteiger partial charge in [0.1, 0.15) is 6.04 Å². The monoisotopic (exact) mass is 318 g/mol. The van der Waals surface area contributed by atoms with Crippen LogP contribution in [0.15, 0.2) is 24.3 Å². The summed E-state index contributed by atoms with van der Waals surface area (Å²) in [5.74, 6) is -1.11. The van der Waals surface area contributed by atoms with Crippen LogP contribution < -0.4 is 10.2 Å². The van der Waals surface area contributed by atoms with E-state index in [4.69, 9.17) is 0 Å². The van der Waals surface area contributed by atoms with Crippen LogP contribution in [-0.4, -0.2) is 36.1 Å². The Morgan fingerprint density at radius 3 is 2.26 bits per heavy atom. The largest absolute Gasteiger partial charge is 0.480 e. The normalized spacial score (nSPS) is 16.2. The van der Waals surface area contributed by atoms with Gasteiger partial charge in [-0.3, -0.25) is 4.79 Å². The minimum Gasteiger partial charge on any atom is -0.480 e. The molecular formula is C18H26N2O3. The number of anilines is 1. The number of carbonyl (C=O) groups excluding carboxylic acids is 1. The lowest BCUT2D eigenvalue weighted by Crippen LogP contribution is -2.41. The molecule has 23 heavy (non-hydrogen) atoms. The lowest BCUT2D eigenvalue weighted by Gasteiger charge is -2.28. The molecule has 0 radical (unpaired) electrons. The number of nitrogens with zero attached hydrogens (tertiary/aromatic N) is 1.